The first-order valence-corrected chi connectivity index (χ1v) is 15.1. The van der Waals surface area contributed by atoms with Gasteiger partial charge in [-0.15, -0.1) is 11.8 Å². The van der Waals surface area contributed by atoms with Crippen LogP contribution in [0.15, 0.2) is 70.5 Å². The summed E-state index contributed by atoms with van der Waals surface area (Å²) in [6.45, 7) is 0.00856. The van der Waals surface area contributed by atoms with E-state index in [1.807, 2.05) is 60.3 Å². The third-order valence-electron chi connectivity index (χ3n) is 8.79. The topological polar surface area (TPSA) is 69.6 Å². The molecule has 2 saturated carbocycles. The fourth-order valence-electron chi connectivity index (χ4n) is 7.12. The molecule has 0 spiro atoms. The Morgan fingerprint density at radius 3 is 2.59 bits per heavy atom. The molecule has 1 N–H and O–H groups in total. The standard InChI is InChI=1S/C31H30N2O4S2/c1-36-23-12-10-20(15-24(23)37-2)27-26-19-7-8-21(13-19)28(26)38-30-29(27)39-31(35)33(30)16-25(34)32-22-11-9-17-5-3-4-6-18(17)14-22/h3-6,9-12,14-15,19,21,26-28H,7-8,13,16H2,1-2H3,(H,32,34)/t19?,21?,26?,27-,28?/m1/s1. The second kappa shape index (κ2) is 9.75. The van der Waals surface area contributed by atoms with Crippen LogP contribution in [0.3, 0.4) is 0 Å². The van der Waals surface area contributed by atoms with Crippen LogP contribution in [0.2, 0.25) is 0 Å². The number of carbonyl (C=O) groups is 1. The van der Waals surface area contributed by atoms with Gasteiger partial charge in [-0.2, -0.15) is 0 Å². The number of methoxy groups -OCH3 is 2. The number of thiazole rings is 1. The van der Waals surface area contributed by atoms with Crippen molar-refractivity contribution in [2.45, 2.75) is 42.0 Å². The van der Waals surface area contributed by atoms with Crippen LogP contribution < -0.4 is 19.7 Å². The molecule has 2 fully saturated rings. The Labute approximate surface area is 235 Å². The Hall–Kier alpha value is -3.23. The Morgan fingerprint density at radius 2 is 1.77 bits per heavy atom. The number of aromatic nitrogens is 1. The molecule has 2 bridgehead atoms. The third-order valence-corrected chi connectivity index (χ3v) is 11.6. The largest absolute Gasteiger partial charge is 0.493 e. The predicted octanol–water partition coefficient (Wildman–Crippen LogP) is 6.37. The summed E-state index contributed by atoms with van der Waals surface area (Å²) in [5.41, 5.74) is 1.89. The number of hydrogen-bond donors (Lipinski definition) is 1. The summed E-state index contributed by atoms with van der Waals surface area (Å²) >= 11 is 3.15. The van der Waals surface area contributed by atoms with Crippen LogP contribution >= 0.6 is 23.1 Å². The number of hydrogen-bond acceptors (Lipinski definition) is 6. The maximum atomic E-state index is 13.4. The van der Waals surface area contributed by atoms with Crippen molar-refractivity contribution < 1.29 is 14.3 Å². The van der Waals surface area contributed by atoms with Gasteiger partial charge < -0.3 is 14.8 Å². The average molecular weight is 559 g/mol. The zero-order chi connectivity index (χ0) is 26.7. The Balaban J connectivity index is 1.24. The molecule has 3 aliphatic rings. The summed E-state index contributed by atoms with van der Waals surface area (Å²) in [7, 11) is 3.31. The first kappa shape index (κ1) is 24.8. The highest BCUT2D eigenvalue weighted by atomic mass is 32.2. The molecule has 5 atom stereocenters. The lowest BCUT2D eigenvalue weighted by atomic mass is 9.75. The number of benzene rings is 3. The van der Waals surface area contributed by atoms with Crippen LogP contribution in [0.1, 0.15) is 35.6 Å². The quantitative estimate of drug-likeness (QED) is 0.298. The molecule has 8 heteroatoms. The van der Waals surface area contributed by atoms with Crippen molar-refractivity contribution in [3.05, 3.63) is 80.8 Å². The molecule has 1 aliphatic heterocycles. The smallest absolute Gasteiger partial charge is 0.308 e. The van der Waals surface area contributed by atoms with E-state index in [0.717, 1.165) is 31.9 Å². The number of nitrogens with one attached hydrogen (secondary N) is 1. The van der Waals surface area contributed by atoms with E-state index < -0.39 is 0 Å². The van der Waals surface area contributed by atoms with Crippen LogP contribution in [0.5, 0.6) is 11.5 Å². The lowest BCUT2D eigenvalue weighted by Crippen LogP contribution is -2.34. The number of amides is 1. The number of anilines is 1. The summed E-state index contributed by atoms with van der Waals surface area (Å²) in [5.74, 6) is 3.15. The molecule has 0 radical (unpaired) electrons. The number of rotatable bonds is 6. The van der Waals surface area contributed by atoms with Gasteiger partial charge in [-0.25, -0.2) is 0 Å². The molecule has 1 amide bonds. The minimum Gasteiger partial charge on any atom is -0.493 e. The van der Waals surface area contributed by atoms with Crippen LogP contribution in [0, 0.1) is 17.8 Å². The monoisotopic (exact) mass is 558 g/mol. The number of ether oxygens (including phenoxy) is 2. The second-order valence-electron chi connectivity index (χ2n) is 10.8. The molecule has 4 unspecified atom stereocenters. The molecule has 2 heterocycles. The first-order chi connectivity index (χ1) is 19.0. The molecule has 200 valence electrons. The van der Waals surface area contributed by atoms with Crippen LogP contribution in [-0.2, 0) is 11.3 Å². The molecule has 0 saturated heterocycles. The van der Waals surface area contributed by atoms with E-state index in [0.29, 0.717) is 34.5 Å². The van der Waals surface area contributed by atoms with Crippen molar-refractivity contribution in [2.75, 3.05) is 19.5 Å². The van der Waals surface area contributed by atoms with Crippen LogP contribution in [-0.4, -0.2) is 29.9 Å². The van der Waals surface area contributed by atoms with Gasteiger partial charge in [0.2, 0.25) is 5.91 Å². The minimum atomic E-state index is -0.189. The van der Waals surface area contributed by atoms with Crippen molar-refractivity contribution in [1.29, 1.82) is 0 Å². The van der Waals surface area contributed by atoms with Gasteiger partial charge in [-0.1, -0.05) is 47.7 Å². The van der Waals surface area contributed by atoms with Gasteiger partial charge in [0.05, 0.1) is 19.2 Å². The zero-order valence-corrected chi connectivity index (χ0v) is 23.5. The molecular weight excluding hydrogens is 528 g/mol. The fourth-order valence-corrected chi connectivity index (χ4v) is 10.3. The number of thioether (sulfide) groups is 1. The molecule has 1 aromatic heterocycles. The fraction of sp³-hybridized carbons (Fsp3) is 0.355. The Kier molecular flexibility index (Phi) is 6.20. The van der Waals surface area contributed by atoms with E-state index >= 15 is 0 Å². The molecule has 4 aromatic rings. The van der Waals surface area contributed by atoms with E-state index in [2.05, 4.69) is 17.4 Å². The van der Waals surface area contributed by atoms with Gasteiger partial charge in [-0.3, -0.25) is 14.2 Å². The molecule has 7 rings (SSSR count). The summed E-state index contributed by atoms with van der Waals surface area (Å²) in [6, 6.07) is 20.1. The van der Waals surface area contributed by atoms with Crippen LogP contribution in [0.4, 0.5) is 5.69 Å². The van der Waals surface area contributed by atoms with E-state index in [4.69, 9.17) is 9.47 Å². The van der Waals surface area contributed by atoms with E-state index in [9.17, 15) is 9.59 Å². The van der Waals surface area contributed by atoms with Gasteiger partial charge in [0.1, 0.15) is 6.54 Å². The normalized spacial score (nSPS) is 24.8. The molecule has 6 nitrogen and oxygen atoms in total. The number of carbonyl (C=O) groups excluding carboxylic acids is 1. The highest BCUT2D eigenvalue weighted by Crippen LogP contribution is 2.64. The summed E-state index contributed by atoms with van der Waals surface area (Å²) in [4.78, 5) is 27.6. The van der Waals surface area contributed by atoms with E-state index in [1.165, 1.54) is 30.6 Å². The summed E-state index contributed by atoms with van der Waals surface area (Å²) in [6.07, 6.45) is 3.77. The molecule has 39 heavy (non-hydrogen) atoms. The number of fused-ring (bicyclic) bond motifs is 7. The van der Waals surface area contributed by atoms with Gasteiger partial charge in [-0.05, 0) is 77.6 Å². The van der Waals surface area contributed by atoms with Gasteiger partial charge in [0, 0.05) is 21.7 Å². The van der Waals surface area contributed by atoms with Crippen molar-refractivity contribution in [3.8, 4) is 11.5 Å². The van der Waals surface area contributed by atoms with Crippen LogP contribution in [0.25, 0.3) is 10.8 Å². The zero-order valence-electron chi connectivity index (χ0n) is 21.9. The van der Waals surface area contributed by atoms with E-state index in [-0.39, 0.29) is 23.2 Å². The number of nitrogens with zero attached hydrogens (tertiary/aromatic N) is 1. The van der Waals surface area contributed by atoms with Crippen molar-refractivity contribution in [1.82, 2.24) is 4.57 Å². The van der Waals surface area contributed by atoms with Gasteiger partial charge in [0.25, 0.3) is 0 Å². The molecular formula is C31H30N2O4S2. The summed E-state index contributed by atoms with van der Waals surface area (Å²) < 4.78 is 12.9. The SMILES string of the molecule is COc1ccc([C@H]2c3sc(=O)n(CC(=O)Nc4ccc5ccccc5c4)c3SC3C4CCC(C4)C32)cc1OC. The predicted molar refractivity (Wildman–Crippen MR) is 157 cm³/mol. The summed E-state index contributed by atoms with van der Waals surface area (Å²) in [5, 5.41) is 6.63. The maximum Gasteiger partial charge on any atom is 0.308 e. The van der Waals surface area contributed by atoms with Crippen molar-refractivity contribution in [2.24, 2.45) is 17.8 Å². The lowest BCUT2D eigenvalue weighted by Gasteiger charge is -2.40. The highest BCUT2D eigenvalue weighted by molar-refractivity contribution is 8.00. The lowest BCUT2D eigenvalue weighted by molar-refractivity contribution is -0.116. The highest BCUT2D eigenvalue weighted by Gasteiger charge is 2.55. The third kappa shape index (κ3) is 4.16. The van der Waals surface area contributed by atoms with Crippen molar-refractivity contribution in [3.63, 3.8) is 0 Å². The van der Waals surface area contributed by atoms with Gasteiger partial charge >= 0.3 is 4.87 Å². The Bertz CT molecular complexity index is 1640. The van der Waals surface area contributed by atoms with Crippen molar-refractivity contribution >= 4 is 45.5 Å². The average Bonchev–Trinajstić information content (AvgIpc) is 3.65. The second-order valence-corrected chi connectivity index (χ2v) is 13.0. The first-order valence-electron chi connectivity index (χ1n) is 13.4. The Morgan fingerprint density at radius 1 is 0.974 bits per heavy atom. The maximum absolute atomic E-state index is 13.4. The van der Waals surface area contributed by atoms with E-state index in [1.54, 1.807) is 18.8 Å². The molecule has 3 aromatic carbocycles. The minimum absolute atomic E-state index is 0.00856. The molecule has 2 aliphatic carbocycles. The van der Waals surface area contributed by atoms with Gasteiger partial charge in [0.15, 0.2) is 11.5 Å².